The van der Waals surface area contributed by atoms with Crippen molar-refractivity contribution in [3.05, 3.63) is 58.8 Å². The van der Waals surface area contributed by atoms with Crippen molar-refractivity contribution in [2.24, 2.45) is 0 Å². The Kier molecular flexibility index (Phi) is 7.28. The van der Waals surface area contributed by atoms with Crippen LogP contribution in [0.5, 0.6) is 0 Å². The smallest absolute Gasteiger partial charge is 0.315 e. The van der Waals surface area contributed by atoms with Gasteiger partial charge < -0.3 is 20.1 Å². The van der Waals surface area contributed by atoms with Gasteiger partial charge in [-0.25, -0.2) is 4.79 Å². The lowest BCUT2D eigenvalue weighted by Crippen LogP contribution is -2.51. The lowest BCUT2D eigenvalue weighted by Gasteiger charge is -2.20. The van der Waals surface area contributed by atoms with E-state index in [2.05, 4.69) is 22.6 Å². The van der Waals surface area contributed by atoms with Gasteiger partial charge in [0, 0.05) is 18.0 Å². The van der Waals surface area contributed by atoms with Gasteiger partial charge in [-0.1, -0.05) is 48.4 Å². The van der Waals surface area contributed by atoms with Crippen LogP contribution < -0.4 is 10.6 Å². The zero-order valence-electron chi connectivity index (χ0n) is 15.0. The van der Waals surface area contributed by atoms with Gasteiger partial charge in [0.05, 0.1) is 12.1 Å². The Hall–Kier alpha value is -2.33. The van der Waals surface area contributed by atoms with Gasteiger partial charge in [0.2, 0.25) is 0 Å². The maximum absolute atomic E-state index is 12.0. The molecule has 0 aliphatic carbocycles. The Morgan fingerprint density at radius 1 is 1.22 bits per heavy atom. The van der Waals surface area contributed by atoms with E-state index in [1.165, 1.54) is 4.88 Å². The third-order valence-electron chi connectivity index (χ3n) is 4.45. The topological polar surface area (TPSA) is 59.6 Å². The second kappa shape index (κ2) is 10.1. The molecule has 0 bridgehead atoms. The van der Waals surface area contributed by atoms with E-state index in [9.17, 15) is 4.79 Å². The fraction of sp³-hybridized carbons (Fsp3) is 0.381. The zero-order chi connectivity index (χ0) is 18.9. The van der Waals surface area contributed by atoms with Crippen molar-refractivity contribution in [1.29, 1.82) is 0 Å². The first kappa shape index (κ1) is 19.4. The highest BCUT2D eigenvalue weighted by atomic mass is 32.1. The predicted octanol–water partition coefficient (Wildman–Crippen LogP) is 2.83. The van der Waals surface area contributed by atoms with Gasteiger partial charge in [-0.3, -0.25) is 0 Å². The number of hydrogen-bond donors (Lipinski definition) is 2. The minimum absolute atomic E-state index is 0.00229. The summed E-state index contributed by atoms with van der Waals surface area (Å²) in [5, 5.41) is 7.77. The summed E-state index contributed by atoms with van der Waals surface area (Å²) in [4.78, 5) is 13.2. The number of carbonyl (C=O) groups excluding carboxylic acids is 1. The maximum Gasteiger partial charge on any atom is 0.315 e. The van der Waals surface area contributed by atoms with E-state index >= 15 is 0 Å². The number of rotatable bonds is 4. The van der Waals surface area contributed by atoms with Crippen LogP contribution in [-0.4, -0.2) is 43.5 Å². The number of terminal acetylenes is 1. The summed E-state index contributed by atoms with van der Waals surface area (Å²) >= 11 is 1.69. The molecule has 0 spiro atoms. The van der Waals surface area contributed by atoms with Gasteiger partial charge in [0.1, 0.15) is 12.2 Å². The van der Waals surface area contributed by atoms with Crippen LogP contribution in [0.1, 0.15) is 11.3 Å². The Labute approximate surface area is 164 Å². The highest BCUT2D eigenvalue weighted by Crippen LogP contribution is 2.30. The lowest BCUT2D eigenvalue weighted by atomic mass is 10.1. The normalized spacial score (nSPS) is 25.6. The molecule has 27 heavy (non-hydrogen) atoms. The number of carbonyl (C=O) groups is 1. The van der Waals surface area contributed by atoms with E-state index in [0.717, 1.165) is 12.8 Å². The van der Waals surface area contributed by atoms with E-state index in [4.69, 9.17) is 15.9 Å². The molecule has 4 atom stereocenters. The molecule has 142 valence electrons. The van der Waals surface area contributed by atoms with Crippen LogP contribution in [-0.2, 0) is 15.9 Å². The third kappa shape index (κ3) is 5.57. The van der Waals surface area contributed by atoms with Crippen molar-refractivity contribution in [1.82, 2.24) is 10.6 Å². The average Bonchev–Trinajstić information content (AvgIpc) is 3.43. The molecule has 2 fully saturated rings. The van der Waals surface area contributed by atoms with E-state index in [1.54, 1.807) is 11.3 Å². The van der Waals surface area contributed by atoms with Gasteiger partial charge >= 0.3 is 6.03 Å². The van der Waals surface area contributed by atoms with E-state index in [-0.39, 0.29) is 24.3 Å². The molecule has 2 aliphatic heterocycles. The summed E-state index contributed by atoms with van der Waals surface area (Å²) in [5.41, 5.74) is 0. The Bertz CT molecular complexity index is 703. The largest absolute Gasteiger partial charge is 0.373 e. The fourth-order valence-electron chi connectivity index (χ4n) is 3.16. The molecular formula is C21H24N2O3S. The summed E-state index contributed by atoms with van der Waals surface area (Å²) in [6, 6.07) is 15.6. The molecule has 4 rings (SSSR count). The standard InChI is InChI=1S/C15H18N2O3S.C6H6/c1-2-11-13(14-12(20-11)6-8-19-14)17-15(18)16-7-5-10-4-3-9-21-10;1-2-4-6-5-3-1/h1,3-4,9,11-14H,5-8H2,(H2,16,17,18);1-6H/t11?,12-,13+,14+;/m1./s1. The van der Waals surface area contributed by atoms with Crippen molar-refractivity contribution in [3.63, 3.8) is 0 Å². The summed E-state index contributed by atoms with van der Waals surface area (Å²) in [6.45, 7) is 1.25. The molecule has 2 amide bonds. The molecule has 1 unspecified atom stereocenters. The molecule has 3 heterocycles. The number of urea groups is 1. The third-order valence-corrected chi connectivity index (χ3v) is 5.38. The average molecular weight is 385 g/mol. The molecule has 0 saturated carbocycles. The van der Waals surface area contributed by atoms with Crippen LogP contribution >= 0.6 is 11.3 Å². The van der Waals surface area contributed by atoms with Gasteiger partial charge in [-0.05, 0) is 24.3 Å². The number of ether oxygens (including phenoxy) is 2. The highest BCUT2D eigenvalue weighted by molar-refractivity contribution is 7.09. The van der Waals surface area contributed by atoms with E-state index in [0.29, 0.717) is 13.2 Å². The van der Waals surface area contributed by atoms with Crippen molar-refractivity contribution in [2.45, 2.75) is 37.2 Å². The van der Waals surface area contributed by atoms with Crippen molar-refractivity contribution in [2.75, 3.05) is 13.2 Å². The molecular weight excluding hydrogens is 360 g/mol. The summed E-state index contributed by atoms with van der Waals surface area (Å²) in [6.07, 6.45) is 6.59. The SMILES string of the molecule is C#CC1O[C@@H]2CCO[C@@H]2[C@H]1NC(=O)NCCc1cccs1.c1ccccc1. The van der Waals surface area contributed by atoms with Gasteiger partial charge in [-0.2, -0.15) is 0 Å². The first-order valence-electron chi connectivity index (χ1n) is 9.08. The Morgan fingerprint density at radius 3 is 2.59 bits per heavy atom. The molecule has 2 saturated heterocycles. The minimum Gasteiger partial charge on any atom is -0.373 e. The number of benzene rings is 1. The summed E-state index contributed by atoms with van der Waals surface area (Å²) < 4.78 is 11.3. The minimum atomic E-state index is -0.414. The highest BCUT2D eigenvalue weighted by Gasteiger charge is 2.48. The number of thiophene rings is 1. The maximum atomic E-state index is 12.0. The molecule has 6 heteroatoms. The quantitative estimate of drug-likeness (QED) is 0.797. The molecule has 2 aliphatic rings. The van der Waals surface area contributed by atoms with Crippen molar-refractivity contribution in [3.8, 4) is 12.3 Å². The van der Waals surface area contributed by atoms with E-state index in [1.807, 2.05) is 47.8 Å². The van der Waals surface area contributed by atoms with E-state index < -0.39 is 6.10 Å². The molecule has 0 radical (unpaired) electrons. The van der Waals surface area contributed by atoms with Crippen LogP contribution in [0.3, 0.4) is 0 Å². The Morgan fingerprint density at radius 2 is 1.96 bits per heavy atom. The first-order chi connectivity index (χ1) is 13.3. The second-order valence-electron chi connectivity index (χ2n) is 6.30. The second-order valence-corrected chi connectivity index (χ2v) is 7.33. The number of nitrogens with one attached hydrogen (secondary N) is 2. The van der Waals surface area contributed by atoms with Gasteiger partial charge in [0.15, 0.2) is 0 Å². The summed E-state index contributed by atoms with van der Waals surface area (Å²) in [5.74, 6) is 2.58. The van der Waals surface area contributed by atoms with Crippen molar-refractivity contribution >= 4 is 17.4 Å². The van der Waals surface area contributed by atoms with Crippen LogP contribution in [0.15, 0.2) is 53.9 Å². The number of amides is 2. The fourth-order valence-corrected chi connectivity index (χ4v) is 3.87. The van der Waals surface area contributed by atoms with Crippen LogP contribution in [0.25, 0.3) is 0 Å². The van der Waals surface area contributed by atoms with Gasteiger partial charge in [-0.15, -0.1) is 17.8 Å². The van der Waals surface area contributed by atoms with Crippen molar-refractivity contribution < 1.29 is 14.3 Å². The first-order valence-corrected chi connectivity index (χ1v) is 9.96. The lowest BCUT2D eigenvalue weighted by molar-refractivity contribution is 0.0589. The molecule has 5 nitrogen and oxygen atoms in total. The van der Waals surface area contributed by atoms with Gasteiger partial charge in [0.25, 0.3) is 0 Å². The number of hydrogen-bond acceptors (Lipinski definition) is 4. The van der Waals surface area contributed by atoms with Crippen LogP contribution in [0.4, 0.5) is 4.79 Å². The number of fused-ring (bicyclic) bond motifs is 1. The van der Waals surface area contributed by atoms with Crippen LogP contribution in [0.2, 0.25) is 0 Å². The summed E-state index contributed by atoms with van der Waals surface area (Å²) in [7, 11) is 0. The molecule has 1 aromatic heterocycles. The van der Waals surface area contributed by atoms with Crippen LogP contribution in [0, 0.1) is 12.3 Å². The predicted molar refractivity (Wildman–Crippen MR) is 107 cm³/mol. The molecule has 2 aromatic rings. The Balaban J connectivity index is 0.000000299. The molecule has 2 N–H and O–H groups in total. The molecule has 1 aromatic carbocycles. The monoisotopic (exact) mass is 384 g/mol. The zero-order valence-corrected chi connectivity index (χ0v) is 15.9.